The van der Waals surface area contributed by atoms with Crippen LogP contribution in [-0.2, 0) is 9.53 Å². The highest BCUT2D eigenvalue weighted by Gasteiger charge is 2.25. The van der Waals surface area contributed by atoms with E-state index in [4.69, 9.17) is 14.2 Å². The van der Waals surface area contributed by atoms with E-state index in [9.17, 15) is 9.18 Å². The standard InChI is InChI=1S/C19H16FNO4/c1-3-24-17-13(5-4-6-16(17)23-2)11-15-19(22)25-18(21-15)12-7-9-14(20)10-8-12/h4-11H,3H2,1-2H3/b15-11+. The van der Waals surface area contributed by atoms with Crippen LogP contribution in [0.1, 0.15) is 18.1 Å². The van der Waals surface area contributed by atoms with E-state index in [1.807, 2.05) is 6.92 Å². The Kier molecular flexibility index (Phi) is 4.79. The fourth-order valence-corrected chi connectivity index (χ4v) is 2.38. The Morgan fingerprint density at radius 2 is 1.96 bits per heavy atom. The zero-order chi connectivity index (χ0) is 17.8. The summed E-state index contributed by atoms with van der Waals surface area (Å²) in [4.78, 5) is 16.3. The van der Waals surface area contributed by atoms with E-state index in [2.05, 4.69) is 4.99 Å². The predicted molar refractivity (Wildman–Crippen MR) is 91.2 cm³/mol. The SMILES string of the molecule is CCOc1c(/C=C2/N=C(c3ccc(F)cc3)OC2=O)cccc1OC. The summed E-state index contributed by atoms with van der Waals surface area (Å²) in [7, 11) is 1.55. The van der Waals surface area contributed by atoms with E-state index in [1.54, 1.807) is 31.4 Å². The molecule has 0 bridgehead atoms. The number of rotatable bonds is 5. The first-order valence-electron chi connectivity index (χ1n) is 7.70. The molecule has 0 fully saturated rings. The highest BCUT2D eigenvalue weighted by Crippen LogP contribution is 2.33. The number of hydrogen-bond acceptors (Lipinski definition) is 5. The first kappa shape index (κ1) is 16.7. The summed E-state index contributed by atoms with van der Waals surface area (Å²) in [6.07, 6.45) is 1.58. The zero-order valence-corrected chi connectivity index (χ0v) is 13.8. The summed E-state index contributed by atoms with van der Waals surface area (Å²) in [5.41, 5.74) is 1.31. The molecule has 0 spiro atoms. The topological polar surface area (TPSA) is 57.1 Å². The van der Waals surface area contributed by atoms with Gasteiger partial charge in [0.15, 0.2) is 17.2 Å². The number of methoxy groups -OCH3 is 1. The normalized spacial score (nSPS) is 15.1. The third kappa shape index (κ3) is 3.52. The molecule has 0 aliphatic carbocycles. The number of esters is 1. The molecule has 6 heteroatoms. The molecule has 2 aromatic carbocycles. The molecule has 0 saturated carbocycles. The predicted octanol–water partition coefficient (Wildman–Crippen LogP) is 3.58. The maximum absolute atomic E-state index is 13.0. The van der Waals surface area contributed by atoms with Crippen LogP contribution in [0.2, 0.25) is 0 Å². The van der Waals surface area contributed by atoms with Gasteiger partial charge < -0.3 is 14.2 Å². The second-order valence-electron chi connectivity index (χ2n) is 5.15. The highest BCUT2D eigenvalue weighted by molar-refractivity contribution is 6.12. The maximum Gasteiger partial charge on any atom is 0.363 e. The molecule has 0 amide bonds. The number of carbonyl (C=O) groups excluding carboxylic acids is 1. The number of hydrogen-bond donors (Lipinski definition) is 0. The lowest BCUT2D eigenvalue weighted by Crippen LogP contribution is -2.05. The van der Waals surface area contributed by atoms with Crippen molar-refractivity contribution < 1.29 is 23.4 Å². The van der Waals surface area contributed by atoms with Gasteiger partial charge in [0.05, 0.1) is 13.7 Å². The third-order valence-corrected chi connectivity index (χ3v) is 3.52. The first-order chi connectivity index (χ1) is 12.1. The van der Waals surface area contributed by atoms with Gasteiger partial charge in [0, 0.05) is 11.1 Å². The number of cyclic esters (lactones) is 1. The van der Waals surface area contributed by atoms with Crippen molar-refractivity contribution in [2.75, 3.05) is 13.7 Å². The van der Waals surface area contributed by atoms with E-state index in [0.29, 0.717) is 29.2 Å². The molecular weight excluding hydrogens is 325 g/mol. The van der Waals surface area contributed by atoms with Crippen molar-refractivity contribution >= 4 is 17.9 Å². The van der Waals surface area contributed by atoms with Crippen LogP contribution in [0.15, 0.2) is 53.2 Å². The molecule has 0 unspecified atom stereocenters. The van der Waals surface area contributed by atoms with E-state index < -0.39 is 5.97 Å². The Morgan fingerprint density at radius 1 is 1.20 bits per heavy atom. The number of aliphatic imine (C=N–C) groups is 1. The van der Waals surface area contributed by atoms with Gasteiger partial charge in [-0.15, -0.1) is 0 Å². The van der Waals surface area contributed by atoms with Crippen LogP contribution in [0.5, 0.6) is 11.5 Å². The van der Waals surface area contributed by atoms with Gasteiger partial charge in [-0.05, 0) is 43.3 Å². The Hall–Kier alpha value is -3.15. The second-order valence-corrected chi connectivity index (χ2v) is 5.15. The summed E-state index contributed by atoms with van der Waals surface area (Å²) in [6.45, 7) is 2.31. The van der Waals surface area contributed by atoms with E-state index in [-0.39, 0.29) is 17.4 Å². The van der Waals surface area contributed by atoms with Crippen LogP contribution in [-0.4, -0.2) is 25.6 Å². The molecule has 1 aliphatic rings. The fourth-order valence-electron chi connectivity index (χ4n) is 2.38. The molecule has 3 rings (SSSR count). The summed E-state index contributed by atoms with van der Waals surface area (Å²) in [5.74, 6) is 0.271. The second kappa shape index (κ2) is 7.17. The summed E-state index contributed by atoms with van der Waals surface area (Å²) in [5, 5.41) is 0. The average Bonchev–Trinajstić information content (AvgIpc) is 2.98. The van der Waals surface area contributed by atoms with Gasteiger partial charge >= 0.3 is 5.97 Å². The van der Waals surface area contributed by atoms with Crippen molar-refractivity contribution in [1.29, 1.82) is 0 Å². The molecule has 5 nitrogen and oxygen atoms in total. The van der Waals surface area contributed by atoms with Crippen molar-refractivity contribution in [3.8, 4) is 11.5 Å². The average molecular weight is 341 g/mol. The minimum absolute atomic E-state index is 0.133. The Labute approximate surface area is 144 Å². The van der Waals surface area contributed by atoms with Crippen molar-refractivity contribution in [3.05, 3.63) is 65.1 Å². The molecule has 0 N–H and O–H groups in total. The quantitative estimate of drug-likeness (QED) is 0.616. The smallest absolute Gasteiger partial charge is 0.363 e. The largest absolute Gasteiger partial charge is 0.493 e. The van der Waals surface area contributed by atoms with Crippen LogP contribution in [0.25, 0.3) is 6.08 Å². The van der Waals surface area contributed by atoms with Gasteiger partial charge in [0.1, 0.15) is 5.82 Å². The molecule has 1 aliphatic heterocycles. The summed E-state index contributed by atoms with van der Waals surface area (Å²) < 4.78 is 29.1. The van der Waals surface area contributed by atoms with Crippen molar-refractivity contribution in [1.82, 2.24) is 0 Å². The fraction of sp³-hybridized carbons (Fsp3) is 0.158. The van der Waals surface area contributed by atoms with E-state index in [1.165, 1.54) is 24.3 Å². The van der Waals surface area contributed by atoms with Gasteiger partial charge in [-0.3, -0.25) is 0 Å². The monoisotopic (exact) mass is 341 g/mol. The summed E-state index contributed by atoms with van der Waals surface area (Å²) in [6, 6.07) is 10.9. The van der Waals surface area contributed by atoms with E-state index in [0.717, 1.165) is 0 Å². The Morgan fingerprint density at radius 3 is 2.64 bits per heavy atom. The molecule has 0 aromatic heterocycles. The van der Waals surface area contributed by atoms with Gasteiger partial charge in [-0.25, -0.2) is 14.2 Å². The molecular formula is C19H16FNO4. The highest BCUT2D eigenvalue weighted by atomic mass is 19.1. The Balaban J connectivity index is 1.98. The third-order valence-electron chi connectivity index (χ3n) is 3.52. The zero-order valence-electron chi connectivity index (χ0n) is 13.8. The van der Waals surface area contributed by atoms with Gasteiger partial charge in [-0.2, -0.15) is 0 Å². The number of benzene rings is 2. The van der Waals surface area contributed by atoms with Crippen molar-refractivity contribution in [3.63, 3.8) is 0 Å². The summed E-state index contributed by atoms with van der Waals surface area (Å²) >= 11 is 0. The molecule has 0 radical (unpaired) electrons. The van der Waals surface area contributed by atoms with Crippen LogP contribution in [0.3, 0.4) is 0 Å². The van der Waals surface area contributed by atoms with Gasteiger partial charge in [-0.1, -0.05) is 12.1 Å². The minimum atomic E-state index is -0.579. The minimum Gasteiger partial charge on any atom is -0.493 e. The number of nitrogens with zero attached hydrogens (tertiary/aromatic N) is 1. The van der Waals surface area contributed by atoms with Crippen LogP contribution in [0.4, 0.5) is 4.39 Å². The number of ether oxygens (including phenoxy) is 3. The molecule has 0 saturated heterocycles. The molecule has 1 heterocycles. The molecule has 128 valence electrons. The lowest BCUT2D eigenvalue weighted by molar-refractivity contribution is -0.129. The maximum atomic E-state index is 13.0. The van der Waals surface area contributed by atoms with Crippen molar-refractivity contribution in [2.45, 2.75) is 6.92 Å². The van der Waals surface area contributed by atoms with Gasteiger partial charge in [0.25, 0.3) is 0 Å². The number of para-hydroxylation sites is 1. The molecule has 25 heavy (non-hydrogen) atoms. The van der Waals surface area contributed by atoms with Gasteiger partial charge in [0.2, 0.25) is 5.90 Å². The van der Waals surface area contributed by atoms with Crippen LogP contribution in [0, 0.1) is 5.82 Å². The van der Waals surface area contributed by atoms with E-state index >= 15 is 0 Å². The lowest BCUT2D eigenvalue weighted by atomic mass is 10.1. The van der Waals surface area contributed by atoms with Crippen molar-refractivity contribution in [2.24, 2.45) is 4.99 Å². The van der Waals surface area contributed by atoms with Crippen LogP contribution >= 0.6 is 0 Å². The number of carbonyl (C=O) groups is 1. The first-order valence-corrected chi connectivity index (χ1v) is 7.70. The van der Waals surface area contributed by atoms with Crippen LogP contribution < -0.4 is 9.47 Å². The molecule has 0 atom stereocenters. The Bertz CT molecular complexity index is 856. The lowest BCUT2D eigenvalue weighted by Gasteiger charge is -2.11. The molecule has 2 aromatic rings. The number of halogens is 1.